The molecule has 1 N–H and O–H groups in total. The Morgan fingerprint density at radius 1 is 1.09 bits per heavy atom. The van der Waals surface area contributed by atoms with Gasteiger partial charge in [0.2, 0.25) is 6.79 Å². The number of hydrogen-bond donors (Lipinski definition) is 1. The summed E-state index contributed by atoms with van der Waals surface area (Å²) in [4.78, 5) is 0. The molecular weight excluding hydrogens is 284 g/mol. The Morgan fingerprint density at radius 2 is 1.91 bits per heavy atom. The third kappa shape index (κ3) is 2.09. The summed E-state index contributed by atoms with van der Waals surface area (Å²) < 4.78 is 22.0. The number of phenols is 1. The topological polar surface area (TPSA) is 57.2 Å². The quantitative estimate of drug-likeness (QED) is 0.923. The molecule has 2 aromatic carbocycles. The van der Waals surface area contributed by atoms with E-state index in [1.165, 1.54) is 0 Å². The summed E-state index contributed by atoms with van der Waals surface area (Å²) in [5, 5.41) is 10.2. The molecule has 1 atom stereocenters. The number of methoxy groups -OCH3 is 1. The van der Waals surface area contributed by atoms with E-state index in [0.29, 0.717) is 11.5 Å². The van der Waals surface area contributed by atoms with Gasteiger partial charge in [0, 0.05) is 17.7 Å². The fraction of sp³-hybridized carbons (Fsp3) is 0.294. The van der Waals surface area contributed by atoms with Gasteiger partial charge in [0.25, 0.3) is 0 Å². The third-order valence-corrected chi connectivity index (χ3v) is 4.09. The molecule has 114 valence electrons. The van der Waals surface area contributed by atoms with E-state index in [0.717, 1.165) is 35.5 Å². The molecule has 22 heavy (non-hydrogen) atoms. The molecule has 0 saturated carbocycles. The van der Waals surface area contributed by atoms with Gasteiger partial charge in [-0.05, 0) is 30.5 Å². The molecule has 2 aliphatic heterocycles. The van der Waals surface area contributed by atoms with E-state index < -0.39 is 0 Å². The molecule has 5 nitrogen and oxygen atoms in total. The number of benzene rings is 2. The van der Waals surface area contributed by atoms with Crippen LogP contribution >= 0.6 is 0 Å². The van der Waals surface area contributed by atoms with Crippen LogP contribution in [0.2, 0.25) is 0 Å². The molecule has 0 radical (unpaired) electrons. The maximum Gasteiger partial charge on any atom is 0.231 e. The van der Waals surface area contributed by atoms with Crippen LogP contribution in [0.1, 0.15) is 23.7 Å². The number of phenolic OH excluding ortho intramolecular Hbond substituents is 1. The first-order chi connectivity index (χ1) is 10.7. The van der Waals surface area contributed by atoms with E-state index in [1.807, 2.05) is 18.2 Å². The van der Waals surface area contributed by atoms with E-state index in [-0.39, 0.29) is 18.6 Å². The normalized spacial score (nSPS) is 18.5. The van der Waals surface area contributed by atoms with Crippen LogP contribution in [-0.4, -0.2) is 19.0 Å². The standard InChI is InChI=1S/C17H16O5/c1-19-11-4-2-10-3-5-14(22-15(10)6-11)12-7-16-17(8-13(12)18)21-9-20-16/h2,4,6-8,14,18H,3,5,9H2,1H3/t14-/m0/s1. The zero-order chi connectivity index (χ0) is 15.1. The van der Waals surface area contributed by atoms with Gasteiger partial charge in [-0.15, -0.1) is 0 Å². The van der Waals surface area contributed by atoms with E-state index in [1.54, 1.807) is 19.2 Å². The average molecular weight is 300 g/mol. The van der Waals surface area contributed by atoms with Crippen LogP contribution in [0.15, 0.2) is 30.3 Å². The minimum Gasteiger partial charge on any atom is -0.507 e. The average Bonchev–Trinajstić information content (AvgIpc) is 3.00. The predicted octanol–water partition coefficient (Wildman–Crippen LogP) is 3.20. The van der Waals surface area contributed by atoms with E-state index in [9.17, 15) is 5.11 Å². The zero-order valence-electron chi connectivity index (χ0n) is 12.2. The first kappa shape index (κ1) is 13.1. The Kier molecular flexibility index (Phi) is 2.99. The molecule has 2 heterocycles. The Morgan fingerprint density at radius 3 is 2.73 bits per heavy atom. The Labute approximate surface area is 128 Å². The van der Waals surface area contributed by atoms with E-state index >= 15 is 0 Å². The first-order valence-electron chi connectivity index (χ1n) is 7.20. The van der Waals surface area contributed by atoms with Gasteiger partial charge in [-0.25, -0.2) is 0 Å². The van der Waals surface area contributed by atoms with Crippen LogP contribution in [-0.2, 0) is 6.42 Å². The fourth-order valence-electron chi connectivity index (χ4n) is 2.90. The minimum atomic E-state index is -0.214. The summed E-state index contributed by atoms with van der Waals surface area (Å²) in [7, 11) is 1.63. The lowest BCUT2D eigenvalue weighted by molar-refractivity contribution is 0.169. The lowest BCUT2D eigenvalue weighted by Gasteiger charge is -2.27. The second-order valence-corrected chi connectivity index (χ2v) is 5.38. The van der Waals surface area contributed by atoms with Gasteiger partial charge in [-0.1, -0.05) is 6.07 Å². The van der Waals surface area contributed by atoms with Gasteiger partial charge in [-0.2, -0.15) is 0 Å². The van der Waals surface area contributed by atoms with Crippen molar-refractivity contribution in [2.24, 2.45) is 0 Å². The number of ether oxygens (including phenoxy) is 4. The lowest BCUT2D eigenvalue weighted by atomic mass is 9.96. The van der Waals surface area contributed by atoms with Gasteiger partial charge in [0.1, 0.15) is 23.4 Å². The van der Waals surface area contributed by atoms with Gasteiger partial charge in [0.15, 0.2) is 11.5 Å². The summed E-state index contributed by atoms with van der Waals surface area (Å²) in [6, 6.07) is 9.21. The Balaban J connectivity index is 1.67. The summed E-state index contributed by atoms with van der Waals surface area (Å²) in [6.07, 6.45) is 1.47. The Hall–Kier alpha value is -2.56. The molecule has 0 aromatic heterocycles. The SMILES string of the molecule is COc1ccc2c(c1)O[C@H](c1cc3c(cc1O)OCO3)CC2. The van der Waals surface area contributed by atoms with Crippen LogP contribution < -0.4 is 18.9 Å². The van der Waals surface area contributed by atoms with Crippen LogP contribution in [0, 0.1) is 0 Å². The Bertz CT molecular complexity index is 725. The number of hydrogen-bond acceptors (Lipinski definition) is 5. The smallest absolute Gasteiger partial charge is 0.231 e. The highest BCUT2D eigenvalue weighted by atomic mass is 16.7. The molecule has 0 unspecified atom stereocenters. The van der Waals surface area contributed by atoms with E-state index in [4.69, 9.17) is 18.9 Å². The molecule has 2 aromatic rings. The van der Waals surface area contributed by atoms with E-state index in [2.05, 4.69) is 0 Å². The molecular formula is C17H16O5. The molecule has 0 fully saturated rings. The van der Waals surface area contributed by atoms with Crippen molar-refractivity contribution in [2.75, 3.05) is 13.9 Å². The van der Waals surface area contributed by atoms with Crippen molar-refractivity contribution in [3.63, 3.8) is 0 Å². The van der Waals surface area contributed by atoms with Gasteiger partial charge < -0.3 is 24.1 Å². The monoisotopic (exact) mass is 300 g/mol. The van der Waals surface area contributed by atoms with Gasteiger partial charge >= 0.3 is 0 Å². The molecule has 5 heteroatoms. The summed E-state index contributed by atoms with van der Waals surface area (Å²) in [5.74, 6) is 2.94. The summed E-state index contributed by atoms with van der Waals surface area (Å²) >= 11 is 0. The van der Waals surface area contributed by atoms with Crippen LogP contribution in [0.4, 0.5) is 0 Å². The van der Waals surface area contributed by atoms with Crippen LogP contribution in [0.3, 0.4) is 0 Å². The first-order valence-corrected chi connectivity index (χ1v) is 7.20. The summed E-state index contributed by atoms with van der Waals surface area (Å²) in [6.45, 7) is 0.184. The van der Waals surface area contributed by atoms with Gasteiger partial charge in [-0.3, -0.25) is 0 Å². The fourth-order valence-corrected chi connectivity index (χ4v) is 2.90. The number of rotatable bonds is 2. The number of fused-ring (bicyclic) bond motifs is 2. The molecule has 0 aliphatic carbocycles. The van der Waals surface area contributed by atoms with Crippen LogP contribution in [0.25, 0.3) is 0 Å². The maximum absolute atomic E-state index is 10.2. The zero-order valence-corrected chi connectivity index (χ0v) is 12.2. The highest BCUT2D eigenvalue weighted by Crippen LogP contribution is 2.44. The molecule has 2 aliphatic rings. The second kappa shape index (κ2) is 5.02. The number of aryl methyl sites for hydroxylation is 1. The molecule has 4 rings (SSSR count). The van der Waals surface area contributed by atoms with Crippen molar-refractivity contribution < 1.29 is 24.1 Å². The van der Waals surface area contributed by atoms with Crippen molar-refractivity contribution in [1.29, 1.82) is 0 Å². The van der Waals surface area contributed by atoms with Crippen molar-refractivity contribution in [2.45, 2.75) is 18.9 Å². The van der Waals surface area contributed by atoms with Crippen molar-refractivity contribution in [1.82, 2.24) is 0 Å². The highest BCUT2D eigenvalue weighted by Gasteiger charge is 2.27. The largest absolute Gasteiger partial charge is 0.507 e. The predicted molar refractivity (Wildman–Crippen MR) is 78.9 cm³/mol. The maximum atomic E-state index is 10.2. The highest BCUT2D eigenvalue weighted by molar-refractivity contribution is 5.53. The molecule has 0 bridgehead atoms. The van der Waals surface area contributed by atoms with Crippen molar-refractivity contribution in [3.8, 4) is 28.7 Å². The van der Waals surface area contributed by atoms with Crippen molar-refractivity contribution >= 4 is 0 Å². The lowest BCUT2D eigenvalue weighted by Crippen LogP contribution is -2.15. The third-order valence-electron chi connectivity index (χ3n) is 4.09. The second-order valence-electron chi connectivity index (χ2n) is 5.38. The number of aromatic hydroxyl groups is 1. The summed E-state index contributed by atoms with van der Waals surface area (Å²) in [5.41, 5.74) is 1.87. The van der Waals surface area contributed by atoms with Crippen molar-refractivity contribution in [3.05, 3.63) is 41.5 Å². The van der Waals surface area contributed by atoms with Crippen LogP contribution in [0.5, 0.6) is 28.7 Å². The molecule has 0 saturated heterocycles. The molecule has 0 spiro atoms. The van der Waals surface area contributed by atoms with Gasteiger partial charge in [0.05, 0.1) is 7.11 Å². The minimum absolute atomic E-state index is 0.167. The molecule has 0 amide bonds.